The van der Waals surface area contributed by atoms with Crippen LogP contribution in [0.15, 0.2) is 60.7 Å². The van der Waals surface area contributed by atoms with E-state index in [1.165, 1.54) is 12.1 Å². The molecule has 0 spiro atoms. The largest absolute Gasteiger partial charge is 0.353 e. The molecule has 0 unspecified atom stereocenters. The summed E-state index contributed by atoms with van der Waals surface area (Å²) in [5.41, 5.74) is 2.76. The Hall–Kier alpha value is -3.15. The first-order valence-corrected chi connectivity index (χ1v) is 9.57. The number of aromatic amines is 1. The molecule has 28 heavy (non-hydrogen) atoms. The molecule has 0 bridgehead atoms. The van der Waals surface area contributed by atoms with Crippen molar-refractivity contribution in [3.8, 4) is 11.3 Å². The van der Waals surface area contributed by atoms with Crippen molar-refractivity contribution >= 4 is 11.7 Å². The second kappa shape index (κ2) is 8.25. The lowest BCUT2D eigenvalue weighted by Crippen LogP contribution is -2.48. The number of nitrogens with one attached hydrogen (secondary N) is 2. The van der Waals surface area contributed by atoms with Crippen LogP contribution in [0.5, 0.6) is 0 Å². The number of benzene rings is 2. The third-order valence-electron chi connectivity index (χ3n) is 5.04. The maximum Gasteiger partial charge on any atom is 0.224 e. The second-order valence-corrected chi connectivity index (χ2v) is 7.16. The number of anilines is 1. The zero-order chi connectivity index (χ0) is 19.3. The highest BCUT2D eigenvalue weighted by atomic mass is 19.1. The Morgan fingerprint density at radius 3 is 2.75 bits per heavy atom. The molecule has 144 valence electrons. The van der Waals surface area contributed by atoms with Crippen LogP contribution in [-0.4, -0.2) is 35.2 Å². The van der Waals surface area contributed by atoms with Crippen LogP contribution in [0.2, 0.25) is 0 Å². The lowest BCUT2D eigenvalue weighted by atomic mass is 10.0. The lowest BCUT2D eigenvalue weighted by Gasteiger charge is -2.33. The van der Waals surface area contributed by atoms with Crippen molar-refractivity contribution in [3.63, 3.8) is 0 Å². The number of carbonyl (C=O) groups is 1. The average Bonchev–Trinajstić information content (AvgIpc) is 3.20. The molecule has 5 nitrogen and oxygen atoms in total. The van der Waals surface area contributed by atoms with Gasteiger partial charge in [0.2, 0.25) is 5.91 Å². The molecule has 1 aliphatic rings. The Kier molecular flexibility index (Phi) is 5.37. The minimum Gasteiger partial charge on any atom is -0.353 e. The highest BCUT2D eigenvalue weighted by Gasteiger charge is 2.23. The topological polar surface area (TPSA) is 61.0 Å². The molecule has 1 fully saturated rings. The van der Waals surface area contributed by atoms with Crippen molar-refractivity contribution in [2.24, 2.45) is 0 Å². The van der Waals surface area contributed by atoms with Crippen LogP contribution in [0.4, 0.5) is 10.2 Å². The van der Waals surface area contributed by atoms with Crippen LogP contribution in [0.25, 0.3) is 11.3 Å². The number of rotatable bonds is 5. The maximum atomic E-state index is 13.1. The molecule has 2 aromatic carbocycles. The highest BCUT2D eigenvalue weighted by molar-refractivity contribution is 5.79. The smallest absolute Gasteiger partial charge is 0.224 e. The van der Waals surface area contributed by atoms with Crippen molar-refractivity contribution in [1.29, 1.82) is 0 Å². The van der Waals surface area contributed by atoms with E-state index in [1.807, 2.05) is 36.4 Å². The summed E-state index contributed by atoms with van der Waals surface area (Å²) in [6.07, 6.45) is 2.36. The van der Waals surface area contributed by atoms with Gasteiger partial charge in [-0.3, -0.25) is 9.89 Å². The molecule has 0 radical (unpaired) electrons. The first-order chi connectivity index (χ1) is 13.7. The zero-order valence-corrected chi connectivity index (χ0v) is 15.6. The van der Waals surface area contributed by atoms with Crippen LogP contribution in [0.3, 0.4) is 0 Å². The Bertz CT molecular complexity index is 923. The molecule has 3 aromatic rings. The van der Waals surface area contributed by atoms with E-state index in [0.29, 0.717) is 6.42 Å². The summed E-state index contributed by atoms with van der Waals surface area (Å²) < 4.78 is 13.1. The van der Waals surface area contributed by atoms with E-state index in [1.54, 1.807) is 12.1 Å². The summed E-state index contributed by atoms with van der Waals surface area (Å²) in [4.78, 5) is 14.5. The second-order valence-electron chi connectivity index (χ2n) is 7.16. The van der Waals surface area contributed by atoms with Gasteiger partial charge in [-0.2, -0.15) is 5.10 Å². The maximum absolute atomic E-state index is 13.1. The summed E-state index contributed by atoms with van der Waals surface area (Å²) in [6.45, 7) is 1.63. The molecule has 2 heterocycles. The van der Waals surface area contributed by atoms with Gasteiger partial charge < -0.3 is 10.2 Å². The Morgan fingerprint density at radius 1 is 1.18 bits per heavy atom. The first-order valence-electron chi connectivity index (χ1n) is 9.57. The number of hydrogen-bond acceptors (Lipinski definition) is 3. The van der Waals surface area contributed by atoms with Crippen molar-refractivity contribution in [2.75, 3.05) is 18.0 Å². The van der Waals surface area contributed by atoms with E-state index in [-0.39, 0.29) is 17.8 Å². The van der Waals surface area contributed by atoms with Crippen LogP contribution < -0.4 is 10.2 Å². The molecular weight excluding hydrogens is 355 g/mol. The standard InChI is InChI=1S/C22H23FN4O/c23-18-10-8-17(9-11-18)20-14-21(26-25-20)27-12-4-7-19(15-27)24-22(28)13-16-5-2-1-3-6-16/h1-3,5-6,8-11,14,19H,4,7,12-13,15H2,(H,24,28)(H,25,26)/t19-/m1/s1. The van der Waals surface area contributed by atoms with Gasteiger partial charge in [0.05, 0.1) is 12.1 Å². The molecule has 0 aliphatic carbocycles. The quantitative estimate of drug-likeness (QED) is 0.714. The van der Waals surface area contributed by atoms with Crippen molar-refractivity contribution in [1.82, 2.24) is 15.5 Å². The summed E-state index contributed by atoms with van der Waals surface area (Å²) in [6, 6.07) is 18.2. The molecule has 1 aromatic heterocycles. The Labute approximate surface area is 163 Å². The van der Waals surface area contributed by atoms with Gasteiger partial charge in [-0.05, 0) is 48.2 Å². The predicted octanol–water partition coefficient (Wildman–Crippen LogP) is 3.54. The fourth-order valence-electron chi connectivity index (χ4n) is 3.61. The van der Waals surface area contributed by atoms with Gasteiger partial charge in [-0.1, -0.05) is 30.3 Å². The third-order valence-corrected chi connectivity index (χ3v) is 5.04. The summed E-state index contributed by atoms with van der Waals surface area (Å²) in [5.74, 6) is 0.641. The van der Waals surface area contributed by atoms with E-state index < -0.39 is 0 Å². The van der Waals surface area contributed by atoms with E-state index in [4.69, 9.17) is 0 Å². The van der Waals surface area contributed by atoms with Gasteiger partial charge in [-0.25, -0.2) is 4.39 Å². The van der Waals surface area contributed by atoms with E-state index in [0.717, 1.165) is 48.6 Å². The van der Waals surface area contributed by atoms with Crippen LogP contribution >= 0.6 is 0 Å². The van der Waals surface area contributed by atoms with Gasteiger partial charge >= 0.3 is 0 Å². The number of H-pyrrole nitrogens is 1. The Morgan fingerprint density at radius 2 is 1.96 bits per heavy atom. The van der Waals surface area contributed by atoms with Gasteiger partial charge in [0.1, 0.15) is 5.82 Å². The van der Waals surface area contributed by atoms with Gasteiger partial charge in [0.25, 0.3) is 0 Å². The molecule has 1 atom stereocenters. The third kappa shape index (κ3) is 4.39. The van der Waals surface area contributed by atoms with Crippen LogP contribution in [0, 0.1) is 5.82 Å². The van der Waals surface area contributed by atoms with Gasteiger partial charge in [-0.15, -0.1) is 0 Å². The fourth-order valence-corrected chi connectivity index (χ4v) is 3.61. The van der Waals surface area contributed by atoms with Crippen LogP contribution in [0.1, 0.15) is 18.4 Å². The number of amides is 1. The minimum atomic E-state index is -0.256. The summed E-state index contributed by atoms with van der Waals surface area (Å²) >= 11 is 0. The first kappa shape index (κ1) is 18.2. The number of halogens is 1. The number of piperidine rings is 1. The molecular formula is C22H23FN4O. The summed E-state index contributed by atoms with van der Waals surface area (Å²) in [5, 5.41) is 10.6. The van der Waals surface area contributed by atoms with Crippen molar-refractivity contribution in [3.05, 3.63) is 72.0 Å². The molecule has 2 N–H and O–H groups in total. The number of carbonyl (C=O) groups excluding carboxylic acids is 1. The highest BCUT2D eigenvalue weighted by Crippen LogP contribution is 2.24. The average molecular weight is 378 g/mol. The molecule has 1 aliphatic heterocycles. The van der Waals surface area contributed by atoms with Crippen LogP contribution in [-0.2, 0) is 11.2 Å². The van der Waals surface area contributed by atoms with Crippen molar-refractivity contribution in [2.45, 2.75) is 25.3 Å². The number of aromatic nitrogens is 2. The monoisotopic (exact) mass is 378 g/mol. The minimum absolute atomic E-state index is 0.0482. The van der Waals surface area contributed by atoms with E-state index >= 15 is 0 Å². The molecule has 0 saturated carbocycles. The molecule has 6 heteroatoms. The zero-order valence-electron chi connectivity index (χ0n) is 15.6. The van der Waals surface area contributed by atoms with Gasteiger partial charge in [0.15, 0.2) is 5.82 Å². The number of hydrogen-bond donors (Lipinski definition) is 2. The van der Waals surface area contributed by atoms with Crippen molar-refractivity contribution < 1.29 is 9.18 Å². The van der Waals surface area contributed by atoms with E-state index in [9.17, 15) is 9.18 Å². The summed E-state index contributed by atoms with van der Waals surface area (Å²) in [7, 11) is 0. The van der Waals surface area contributed by atoms with E-state index in [2.05, 4.69) is 20.4 Å². The molecule has 1 saturated heterocycles. The SMILES string of the molecule is O=C(Cc1ccccc1)N[C@@H]1CCCN(c2cc(-c3ccc(F)cc3)[nH]n2)C1. The molecule has 1 amide bonds. The predicted molar refractivity (Wildman–Crippen MR) is 108 cm³/mol. The molecule has 4 rings (SSSR count). The normalized spacial score (nSPS) is 16.8. The lowest BCUT2D eigenvalue weighted by molar-refractivity contribution is -0.121. The number of nitrogens with zero attached hydrogens (tertiary/aromatic N) is 2. The Balaban J connectivity index is 1.37. The fraction of sp³-hybridized carbons (Fsp3) is 0.273. The van der Waals surface area contributed by atoms with Gasteiger partial charge in [0, 0.05) is 25.2 Å².